The van der Waals surface area contributed by atoms with Crippen molar-refractivity contribution in [3.8, 4) is 5.75 Å². The Morgan fingerprint density at radius 2 is 1.85 bits per heavy atom. The van der Waals surface area contributed by atoms with Crippen LogP contribution in [0.3, 0.4) is 0 Å². The first kappa shape index (κ1) is 16.0. The summed E-state index contributed by atoms with van der Waals surface area (Å²) < 4.78 is 5.07. The molecule has 2 amide bonds. The molecule has 5 heteroatoms. The molecule has 0 aliphatic rings. The Kier molecular flexibility index (Phi) is 6.56. The predicted octanol–water partition coefficient (Wildman–Crippen LogP) is 1.27. The number of ether oxygens (including phenoxy) is 1. The van der Waals surface area contributed by atoms with E-state index in [9.17, 15) is 9.59 Å². The maximum Gasteiger partial charge on any atom is 0.309 e. The van der Waals surface area contributed by atoms with Gasteiger partial charge < -0.3 is 15.4 Å². The number of rotatable bonds is 6. The zero-order valence-corrected chi connectivity index (χ0v) is 12.2. The maximum atomic E-state index is 11.5. The molecule has 0 radical (unpaired) electrons. The highest BCUT2D eigenvalue weighted by Gasteiger charge is 2.14. The highest BCUT2D eigenvalue weighted by molar-refractivity contribution is 6.35. The number of hydrogen-bond acceptors (Lipinski definition) is 3. The van der Waals surface area contributed by atoms with E-state index in [1.54, 1.807) is 7.11 Å². The van der Waals surface area contributed by atoms with Crippen molar-refractivity contribution in [1.82, 2.24) is 10.6 Å². The van der Waals surface area contributed by atoms with E-state index in [1.165, 1.54) is 0 Å². The number of nitrogens with one attached hydrogen (secondary N) is 2. The Morgan fingerprint density at radius 1 is 1.20 bits per heavy atom. The minimum atomic E-state index is -0.584. The van der Waals surface area contributed by atoms with Gasteiger partial charge in [0.2, 0.25) is 0 Å². The van der Waals surface area contributed by atoms with Crippen molar-refractivity contribution < 1.29 is 14.3 Å². The molecule has 1 atom stereocenters. The molecule has 0 saturated heterocycles. The zero-order chi connectivity index (χ0) is 15.0. The molecule has 1 aromatic rings. The van der Waals surface area contributed by atoms with Crippen molar-refractivity contribution >= 4 is 11.8 Å². The first-order chi connectivity index (χ1) is 9.56. The highest BCUT2D eigenvalue weighted by Crippen LogP contribution is 2.11. The van der Waals surface area contributed by atoms with Crippen LogP contribution in [0.4, 0.5) is 0 Å². The summed E-state index contributed by atoms with van der Waals surface area (Å²) >= 11 is 0. The van der Waals surface area contributed by atoms with Crippen LogP contribution in [0, 0.1) is 0 Å². The van der Waals surface area contributed by atoms with Gasteiger partial charge in [0.1, 0.15) is 5.75 Å². The molecule has 20 heavy (non-hydrogen) atoms. The van der Waals surface area contributed by atoms with Gasteiger partial charge in [0, 0.05) is 12.6 Å². The van der Waals surface area contributed by atoms with Gasteiger partial charge in [0.05, 0.1) is 7.11 Å². The summed E-state index contributed by atoms with van der Waals surface area (Å²) in [4.78, 5) is 23.0. The highest BCUT2D eigenvalue weighted by atomic mass is 16.5. The maximum absolute atomic E-state index is 11.5. The van der Waals surface area contributed by atoms with Crippen LogP contribution in [-0.4, -0.2) is 31.5 Å². The topological polar surface area (TPSA) is 67.4 Å². The van der Waals surface area contributed by atoms with Crippen LogP contribution in [0.5, 0.6) is 5.75 Å². The summed E-state index contributed by atoms with van der Waals surface area (Å²) in [6.07, 6.45) is 1.47. The second-order valence-corrected chi connectivity index (χ2v) is 4.64. The van der Waals surface area contributed by atoms with Crippen LogP contribution in [0.1, 0.15) is 25.8 Å². The van der Waals surface area contributed by atoms with Crippen LogP contribution < -0.4 is 15.4 Å². The van der Waals surface area contributed by atoms with Crippen molar-refractivity contribution in [2.24, 2.45) is 0 Å². The molecule has 0 fully saturated rings. The standard InChI is InChI=1S/C15H22N2O3/c1-4-11(2)17-15(19)14(18)16-10-9-12-5-7-13(20-3)8-6-12/h5-8,11H,4,9-10H2,1-3H3,(H,16,18)(H,17,19). The molecular formula is C15H22N2O3. The molecule has 0 aromatic heterocycles. The van der Waals surface area contributed by atoms with Gasteiger partial charge in [-0.2, -0.15) is 0 Å². The lowest BCUT2D eigenvalue weighted by atomic mass is 10.1. The van der Waals surface area contributed by atoms with Gasteiger partial charge in [-0.3, -0.25) is 9.59 Å². The van der Waals surface area contributed by atoms with Gasteiger partial charge in [-0.25, -0.2) is 0 Å². The number of hydrogen-bond donors (Lipinski definition) is 2. The Labute approximate surface area is 119 Å². The summed E-state index contributed by atoms with van der Waals surface area (Å²) in [5.41, 5.74) is 1.08. The fraction of sp³-hybridized carbons (Fsp3) is 0.467. The summed E-state index contributed by atoms with van der Waals surface area (Å²) in [5.74, 6) is -0.362. The average Bonchev–Trinajstić information content (AvgIpc) is 2.47. The molecule has 1 unspecified atom stereocenters. The second-order valence-electron chi connectivity index (χ2n) is 4.64. The molecule has 0 bridgehead atoms. The molecule has 0 aliphatic carbocycles. The normalized spacial score (nSPS) is 11.6. The lowest BCUT2D eigenvalue weighted by Gasteiger charge is -2.11. The SMILES string of the molecule is CCC(C)NC(=O)C(=O)NCCc1ccc(OC)cc1. The Hall–Kier alpha value is -2.04. The number of carbonyl (C=O) groups is 2. The summed E-state index contributed by atoms with van der Waals surface area (Å²) in [6, 6.07) is 7.61. The molecule has 5 nitrogen and oxygen atoms in total. The van der Waals surface area contributed by atoms with Crippen LogP contribution >= 0.6 is 0 Å². The average molecular weight is 278 g/mol. The summed E-state index contributed by atoms with van der Waals surface area (Å²) in [5, 5.41) is 5.23. The number of methoxy groups -OCH3 is 1. The number of carbonyl (C=O) groups excluding carboxylic acids is 2. The third kappa shape index (κ3) is 5.30. The summed E-state index contributed by atoms with van der Waals surface area (Å²) in [6.45, 7) is 4.24. The Balaban J connectivity index is 2.32. The van der Waals surface area contributed by atoms with E-state index in [4.69, 9.17) is 4.74 Å². The molecule has 0 saturated carbocycles. The van der Waals surface area contributed by atoms with E-state index in [-0.39, 0.29) is 6.04 Å². The minimum Gasteiger partial charge on any atom is -0.497 e. The van der Waals surface area contributed by atoms with Crippen molar-refractivity contribution in [2.75, 3.05) is 13.7 Å². The smallest absolute Gasteiger partial charge is 0.309 e. The molecule has 1 rings (SSSR count). The van der Waals surface area contributed by atoms with E-state index < -0.39 is 11.8 Å². The van der Waals surface area contributed by atoms with E-state index >= 15 is 0 Å². The monoisotopic (exact) mass is 278 g/mol. The van der Waals surface area contributed by atoms with Crippen molar-refractivity contribution in [3.05, 3.63) is 29.8 Å². The first-order valence-electron chi connectivity index (χ1n) is 6.78. The van der Waals surface area contributed by atoms with Gasteiger partial charge in [0.15, 0.2) is 0 Å². The van der Waals surface area contributed by atoms with Gasteiger partial charge in [-0.05, 0) is 37.5 Å². The molecule has 0 spiro atoms. The van der Waals surface area contributed by atoms with E-state index in [0.717, 1.165) is 17.7 Å². The predicted molar refractivity (Wildman–Crippen MR) is 77.6 cm³/mol. The van der Waals surface area contributed by atoms with Crippen molar-refractivity contribution in [3.63, 3.8) is 0 Å². The minimum absolute atomic E-state index is 0.00911. The van der Waals surface area contributed by atoms with E-state index in [2.05, 4.69) is 10.6 Å². The third-order valence-corrected chi connectivity index (χ3v) is 3.05. The fourth-order valence-electron chi connectivity index (χ4n) is 1.58. The lowest BCUT2D eigenvalue weighted by molar-refractivity contribution is -0.139. The van der Waals surface area contributed by atoms with Gasteiger partial charge in [-0.1, -0.05) is 19.1 Å². The van der Waals surface area contributed by atoms with E-state index in [1.807, 2.05) is 38.1 Å². The molecule has 0 heterocycles. The Morgan fingerprint density at radius 3 is 2.40 bits per heavy atom. The van der Waals surface area contributed by atoms with Crippen LogP contribution in [0.2, 0.25) is 0 Å². The van der Waals surface area contributed by atoms with Gasteiger partial charge in [0.25, 0.3) is 0 Å². The van der Waals surface area contributed by atoms with Crippen LogP contribution in [-0.2, 0) is 16.0 Å². The number of benzene rings is 1. The fourth-order valence-corrected chi connectivity index (χ4v) is 1.58. The summed E-state index contributed by atoms with van der Waals surface area (Å²) in [7, 11) is 1.62. The molecular weight excluding hydrogens is 256 g/mol. The lowest BCUT2D eigenvalue weighted by Crippen LogP contribution is -2.43. The Bertz CT molecular complexity index is 443. The van der Waals surface area contributed by atoms with Gasteiger partial charge >= 0.3 is 11.8 Å². The first-order valence-corrected chi connectivity index (χ1v) is 6.78. The molecule has 110 valence electrons. The van der Waals surface area contributed by atoms with Crippen molar-refractivity contribution in [2.45, 2.75) is 32.7 Å². The zero-order valence-electron chi connectivity index (χ0n) is 12.2. The number of amides is 2. The van der Waals surface area contributed by atoms with Gasteiger partial charge in [-0.15, -0.1) is 0 Å². The second kappa shape index (κ2) is 8.19. The molecule has 2 N–H and O–H groups in total. The van der Waals surface area contributed by atoms with E-state index in [0.29, 0.717) is 13.0 Å². The molecule has 1 aromatic carbocycles. The largest absolute Gasteiger partial charge is 0.497 e. The van der Waals surface area contributed by atoms with Crippen LogP contribution in [0.15, 0.2) is 24.3 Å². The van der Waals surface area contributed by atoms with Crippen molar-refractivity contribution in [1.29, 1.82) is 0 Å². The quantitative estimate of drug-likeness (QED) is 0.770. The molecule has 0 aliphatic heterocycles. The third-order valence-electron chi connectivity index (χ3n) is 3.05. The van der Waals surface area contributed by atoms with Crippen LogP contribution in [0.25, 0.3) is 0 Å².